The summed E-state index contributed by atoms with van der Waals surface area (Å²) in [7, 11) is 4.70. The lowest BCUT2D eigenvalue weighted by atomic mass is 10.1. The largest absolute Gasteiger partial charge is 0.497 e. The molecule has 0 unspecified atom stereocenters. The van der Waals surface area contributed by atoms with E-state index in [1.54, 1.807) is 45.6 Å². The summed E-state index contributed by atoms with van der Waals surface area (Å²) >= 11 is 0. The number of hydrogen-bond acceptors (Lipinski definition) is 5. The summed E-state index contributed by atoms with van der Waals surface area (Å²) in [4.78, 5) is 20.1. The van der Waals surface area contributed by atoms with E-state index in [1.807, 2.05) is 12.1 Å². The van der Waals surface area contributed by atoms with E-state index in [-0.39, 0.29) is 5.91 Å². The third-order valence-electron chi connectivity index (χ3n) is 3.68. The summed E-state index contributed by atoms with van der Waals surface area (Å²) in [6, 6.07) is 10.5. The number of carbonyl (C=O) groups excluding carboxylic acids is 1. The SMILES string of the molecule is COCc1nc2ccc(NC(=O)c3cc(OC)cc(OC)c3)cc2[nH]1. The number of aromatic nitrogens is 2. The molecule has 0 aliphatic heterocycles. The number of amides is 1. The Kier molecular flexibility index (Phi) is 4.85. The molecule has 2 aromatic carbocycles. The van der Waals surface area contributed by atoms with Crippen molar-refractivity contribution in [3.8, 4) is 11.5 Å². The molecule has 1 amide bonds. The van der Waals surface area contributed by atoms with Crippen LogP contribution in [-0.2, 0) is 11.3 Å². The van der Waals surface area contributed by atoms with Gasteiger partial charge in [0.1, 0.15) is 23.9 Å². The average Bonchev–Trinajstić information content (AvgIpc) is 3.03. The maximum atomic E-state index is 12.5. The maximum Gasteiger partial charge on any atom is 0.255 e. The van der Waals surface area contributed by atoms with Gasteiger partial charge >= 0.3 is 0 Å². The van der Waals surface area contributed by atoms with Crippen molar-refractivity contribution in [3.63, 3.8) is 0 Å². The first kappa shape index (κ1) is 16.8. The minimum atomic E-state index is -0.256. The van der Waals surface area contributed by atoms with Gasteiger partial charge < -0.3 is 24.5 Å². The Labute approximate surface area is 144 Å². The van der Waals surface area contributed by atoms with Gasteiger partial charge in [-0.15, -0.1) is 0 Å². The van der Waals surface area contributed by atoms with Crippen LogP contribution in [0.1, 0.15) is 16.2 Å². The number of imidazole rings is 1. The Morgan fingerprint density at radius 1 is 1.08 bits per heavy atom. The second-order valence-electron chi connectivity index (χ2n) is 5.40. The van der Waals surface area contributed by atoms with E-state index in [0.29, 0.717) is 29.4 Å². The second kappa shape index (κ2) is 7.23. The van der Waals surface area contributed by atoms with Gasteiger partial charge in [0.2, 0.25) is 0 Å². The molecule has 0 saturated heterocycles. The molecule has 0 bridgehead atoms. The van der Waals surface area contributed by atoms with E-state index in [1.165, 1.54) is 0 Å². The van der Waals surface area contributed by atoms with E-state index >= 15 is 0 Å². The number of nitrogens with zero attached hydrogens (tertiary/aromatic N) is 1. The number of carbonyl (C=O) groups is 1. The summed E-state index contributed by atoms with van der Waals surface area (Å²) in [5.41, 5.74) is 2.74. The molecule has 0 fully saturated rings. The first-order chi connectivity index (χ1) is 12.1. The zero-order valence-electron chi connectivity index (χ0n) is 14.3. The number of nitrogens with one attached hydrogen (secondary N) is 2. The molecule has 0 radical (unpaired) electrons. The molecule has 3 rings (SSSR count). The summed E-state index contributed by atoms with van der Waals surface area (Å²) in [5.74, 6) is 1.59. The van der Waals surface area contributed by atoms with E-state index in [0.717, 1.165) is 16.9 Å². The number of anilines is 1. The predicted molar refractivity (Wildman–Crippen MR) is 94.3 cm³/mol. The number of rotatable bonds is 6. The van der Waals surface area contributed by atoms with Crippen LogP contribution in [0.25, 0.3) is 11.0 Å². The van der Waals surface area contributed by atoms with Gasteiger partial charge in [0.25, 0.3) is 5.91 Å². The molecule has 25 heavy (non-hydrogen) atoms. The van der Waals surface area contributed by atoms with Crippen molar-refractivity contribution >= 4 is 22.6 Å². The number of fused-ring (bicyclic) bond motifs is 1. The number of ether oxygens (including phenoxy) is 3. The molecule has 0 aliphatic carbocycles. The van der Waals surface area contributed by atoms with Crippen molar-refractivity contribution in [2.24, 2.45) is 0 Å². The highest BCUT2D eigenvalue weighted by molar-refractivity contribution is 6.05. The number of benzene rings is 2. The fraction of sp³-hybridized carbons (Fsp3) is 0.222. The topological polar surface area (TPSA) is 85.5 Å². The Hall–Kier alpha value is -3.06. The average molecular weight is 341 g/mol. The van der Waals surface area contributed by atoms with Crippen molar-refractivity contribution in [1.29, 1.82) is 0 Å². The summed E-state index contributed by atoms with van der Waals surface area (Å²) in [6.07, 6.45) is 0. The van der Waals surface area contributed by atoms with Crippen LogP contribution in [0.2, 0.25) is 0 Å². The highest BCUT2D eigenvalue weighted by Crippen LogP contribution is 2.24. The molecule has 0 spiro atoms. The number of aromatic amines is 1. The number of methoxy groups -OCH3 is 3. The Balaban J connectivity index is 1.84. The van der Waals surface area contributed by atoms with Gasteiger partial charge in [-0.05, 0) is 30.3 Å². The summed E-state index contributed by atoms with van der Waals surface area (Å²) in [5, 5.41) is 2.87. The monoisotopic (exact) mass is 341 g/mol. The molecule has 0 aliphatic rings. The zero-order chi connectivity index (χ0) is 17.8. The lowest BCUT2D eigenvalue weighted by Gasteiger charge is -2.09. The van der Waals surface area contributed by atoms with Crippen LogP contribution in [0.3, 0.4) is 0 Å². The van der Waals surface area contributed by atoms with Crippen molar-refractivity contribution in [3.05, 3.63) is 47.8 Å². The molecule has 7 nitrogen and oxygen atoms in total. The smallest absolute Gasteiger partial charge is 0.255 e. The molecule has 0 atom stereocenters. The minimum Gasteiger partial charge on any atom is -0.497 e. The molecule has 0 saturated carbocycles. The quantitative estimate of drug-likeness (QED) is 0.720. The fourth-order valence-electron chi connectivity index (χ4n) is 2.49. The van der Waals surface area contributed by atoms with Crippen molar-refractivity contribution in [1.82, 2.24) is 9.97 Å². The molecular weight excluding hydrogens is 322 g/mol. The predicted octanol–water partition coefficient (Wildman–Crippen LogP) is 2.98. The molecule has 1 heterocycles. The van der Waals surface area contributed by atoms with Crippen LogP contribution < -0.4 is 14.8 Å². The fourth-order valence-corrected chi connectivity index (χ4v) is 2.49. The first-order valence-corrected chi connectivity index (χ1v) is 7.65. The van der Waals surface area contributed by atoms with Crippen LogP contribution in [0.15, 0.2) is 36.4 Å². The normalized spacial score (nSPS) is 10.7. The Bertz CT molecular complexity index is 882. The van der Waals surface area contributed by atoms with Gasteiger partial charge in [0.05, 0.1) is 25.3 Å². The van der Waals surface area contributed by atoms with E-state index in [4.69, 9.17) is 14.2 Å². The van der Waals surface area contributed by atoms with Crippen LogP contribution in [0, 0.1) is 0 Å². The highest BCUT2D eigenvalue weighted by Gasteiger charge is 2.11. The zero-order valence-corrected chi connectivity index (χ0v) is 14.3. The van der Waals surface area contributed by atoms with E-state index < -0.39 is 0 Å². The van der Waals surface area contributed by atoms with Crippen LogP contribution >= 0.6 is 0 Å². The molecule has 1 aromatic heterocycles. The van der Waals surface area contributed by atoms with Crippen molar-refractivity contribution < 1.29 is 19.0 Å². The first-order valence-electron chi connectivity index (χ1n) is 7.65. The van der Waals surface area contributed by atoms with Gasteiger partial charge in [0, 0.05) is 24.4 Å². The van der Waals surface area contributed by atoms with Crippen LogP contribution in [-0.4, -0.2) is 37.2 Å². The molecule has 2 N–H and O–H groups in total. The number of H-pyrrole nitrogens is 1. The standard InChI is InChI=1S/C18H19N3O4/c1-23-10-17-20-15-5-4-12(8-16(15)21-17)19-18(22)11-6-13(24-2)9-14(7-11)25-3/h4-9H,10H2,1-3H3,(H,19,22)(H,20,21). The summed E-state index contributed by atoms with van der Waals surface area (Å²) < 4.78 is 15.5. The molecular formula is C18H19N3O4. The van der Waals surface area contributed by atoms with Crippen LogP contribution in [0.4, 0.5) is 5.69 Å². The van der Waals surface area contributed by atoms with E-state index in [2.05, 4.69) is 15.3 Å². The lowest BCUT2D eigenvalue weighted by molar-refractivity contribution is 0.102. The molecule has 130 valence electrons. The van der Waals surface area contributed by atoms with Crippen LogP contribution in [0.5, 0.6) is 11.5 Å². The Morgan fingerprint density at radius 3 is 2.44 bits per heavy atom. The van der Waals surface area contributed by atoms with Crippen molar-refractivity contribution in [2.75, 3.05) is 26.6 Å². The second-order valence-corrected chi connectivity index (χ2v) is 5.40. The molecule has 3 aromatic rings. The Morgan fingerprint density at radius 2 is 1.80 bits per heavy atom. The number of hydrogen-bond donors (Lipinski definition) is 2. The van der Waals surface area contributed by atoms with E-state index in [9.17, 15) is 4.79 Å². The lowest BCUT2D eigenvalue weighted by Crippen LogP contribution is -2.12. The highest BCUT2D eigenvalue weighted by atomic mass is 16.5. The van der Waals surface area contributed by atoms with Gasteiger partial charge in [0.15, 0.2) is 0 Å². The van der Waals surface area contributed by atoms with Gasteiger partial charge in [-0.25, -0.2) is 4.98 Å². The third-order valence-corrected chi connectivity index (χ3v) is 3.68. The third kappa shape index (κ3) is 3.72. The van der Waals surface area contributed by atoms with Crippen molar-refractivity contribution in [2.45, 2.75) is 6.61 Å². The summed E-state index contributed by atoms with van der Waals surface area (Å²) in [6.45, 7) is 0.403. The minimum absolute atomic E-state index is 0.256. The van der Waals surface area contributed by atoms with Gasteiger partial charge in [-0.3, -0.25) is 4.79 Å². The molecule has 7 heteroatoms. The van der Waals surface area contributed by atoms with Gasteiger partial charge in [-0.2, -0.15) is 0 Å². The van der Waals surface area contributed by atoms with Gasteiger partial charge in [-0.1, -0.05) is 0 Å². The maximum absolute atomic E-state index is 12.5.